The number of fused-ring (bicyclic) bond motifs is 1. The van der Waals surface area contributed by atoms with Gasteiger partial charge in [0, 0.05) is 22.7 Å². The maximum atomic E-state index is 11.4. The van der Waals surface area contributed by atoms with Crippen molar-refractivity contribution in [1.82, 2.24) is 4.98 Å². The van der Waals surface area contributed by atoms with Crippen molar-refractivity contribution in [2.75, 3.05) is 17.4 Å². The molecule has 1 unspecified atom stereocenters. The second-order valence-electron chi connectivity index (χ2n) is 5.19. The van der Waals surface area contributed by atoms with Gasteiger partial charge < -0.3 is 14.3 Å². The fraction of sp³-hybridized carbons (Fsp3) is 0.118. The largest absolute Gasteiger partial charge is 0.615 e. The zero-order chi connectivity index (χ0) is 17.1. The monoisotopic (exact) mass is 341 g/mol. The van der Waals surface area contributed by atoms with E-state index in [1.165, 1.54) is 12.5 Å². The van der Waals surface area contributed by atoms with Crippen LogP contribution in [0, 0.1) is 5.41 Å². The van der Waals surface area contributed by atoms with Crippen molar-refractivity contribution in [2.24, 2.45) is 0 Å². The molecule has 2 N–H and O–H groups in total. The molecule has 0 saturated heterocycles. The normalized spacial score (nSPS) is 12.1. The van der Waals surface area contributed by atoms with Crippen LogP contribution in [0.4, 0.5) is 5.69 Å². The van der Waals surface area contributed by atoms with Crippen LogP contribution in [0.15, 0.2) is 47.2 Å². The van der Waals surface area contributed by atoms with E-state index in [1.807, 2.05) is 24.3 Å². The third-order valence-electron chi connectivity index (χ3n) is 3.53. The van der Waals surface area contributed by atoms with Crippen molar-refractivity contribution in [3.63, 3.8) is 0 Å². The van der Waals surface area contributed by atoms with Gasteiger partial charge in [0.2, 0.25) is 0 Å². The summed E-state index contributed by atoms with van der Waals surface area (Å²) in [5.41, 5.74) is 2.84. The number of aromatic nitrogens is 1. The average Bonchev–Trinajstić information content (AvgIpc) is 3.03. The molecule has 0 saturated carbocycles. The molecule has 3 aromatic rings. The van der Waals surface area contributed by atoms with Gasteiger partial charge in [-0.1, -0.05) is 18.2 Å². The minimum absolute atomic E-state index is 0.217. The van der Waals surface area contributed by atoms with Crippen molar-refractivity contribution < 1.29 is 13.8 Å². The first-order chi connectivity index (χ1) is 11.6. The molecule has 0 aliphatic rings. The summed E-state index contributed by atoms with van der Waals surface area (Å²) in [5, 5.41) is 12.4. The van der Waals surface area contributed by atoms with E-state index in [4.69, 9.17) is 9.83 Å². The van der Waals surface area contributed by atoms with Crippen molar-refractivity contribution >= 4 is 39.8 Å². The van der Waals surface area contributed by atoms with Gasteiger partial charge in [0.15, 0.2) is 12.2 Å². The number of rotatable bonds is 6. The number of carbonyl (C=O) groups excluding carboxylic acids is 1. The predicted octanol–water partition coefficient (Wildman–Crippen LogP) is 2.80. The number of benzene rings is 1. The molecule has 0 spiro atoms. The van der Waals surface area contributed by atoms with Crippen molar-refractivity contribution in [3.8, 4) is 0 Å². The molecule has 0 radical (unpaired) electrons. The lowest BCUT2D eigenvalue weighted by molar-refractivity contribution is 0.111. The Balaban J connectivity index is 2.03. The summed E-state index contributed by atoms with van der Waals surface area (Å²) in [4.78, 5) is 15.0. The zero-order valence-corrected chi connectivity index (χ0v) is 13.7. The summed E-state index contributed by atoms with van der Waals surface area (Å²) >= 11 is -1.06. The maximum absolute atomic E-state index is 11.4. The molecule has 0 aliphatic heterocycles. The summed E-state index contributed by atoms with van der Waals surface area (Å²) in [6, 6.07) is 9.00. The standard InChI is InChI=1S/C17H15N3O3S/c1-24(22)10-20-15-6-11(8-21)19-7-13(15)17(18)14-9-23-16-5-3-2-4-12(14)16/h2-9,18H,10H2,1H3,(H,19,20). The van der Waals surface area contributed by atoms with Crippen LogP contribution < -0.4 is 5.32 Å². The molecule has 7 heteroatoms. The van der Waals surface area contributed by atoms with E-state index in [0.717, 1.165) is 5.39 Å². The molecule has 122 valence electrons. The Morgan fingerprint density at radius 1 is 1.42 bits per heavy atom. The Labute approximate surface area is 141 Å². The molecule has 1 aromatic carbocycles. The van der Waals surface area contributed by atoms with Crippen LogP contribution >= 0.6 is 0 Å². The lowest BCUT2D eigenvalue weighted by Gasteiger charge is -2.13. The molecule has 0 bridgehead atoms. The average molecular weight is 341 g/mol. The molecular formula is C17H15N3O3S. The van der Waals surface area contributed by atoms with Gasteiger partial charge in [-0.3, -0.25) is 15.2 Å². The molecule has 3 rings (SSSR count). The Kier molecular flexibility index (Phi) is 4.64. The third-order valence-corrected chi connectivity index (χ3v) is 4.08. The van der Waals surface area contributed by atoms with E-state index in [0.29, 0.717) is 28.7 Å². The van der Waals surface area contributed by atoms with Crippen molar-refractivity contribution in [3.05, 3.63) is 59.6 Å². The summed E-state index contributed by atoms with van der Waals surface area (Å²) in [6.07, 6.45) is 5.20. The Morgan fingerprint density at radius 3 is 2.96 bits per heavy atom. The number of pyridine rings is 1. The summed E-state index contributed by atoms with van der Waals surface area (Å²) in [5.74, 6) is 0.217. The Morgan fingerprint density at radius 2 is 2.21 bits per heavy atom. The molecule has 2 aromatic heterocycles. The minimum Gasteiger partial charge on any atom is -0.615 e. The van der Waals surface area contributed by atoms with Gasteiger partial charge in [-0.25, -0.2) is 0 Å². The Hall–Kier alpha value is -2.64. The highest BCUT2D eigenvalue weighted by Gasteiger charge is 2.17. The number of carbonyl (C=O) groups is 1. The van der Waals surface area contributed by atoms with Gasteiger partial charge in [-0.2, -0.15) is 0 Å². The Bertz CT molecular complexity index is 905. The van der Waals surface area contributed by atoms with Crippen molar-refractivity contribution in [2.45, 2.75) is 0 Å². The molecule has 2 heterocycles. The van der Waals surface area contributed by atoms with E-state index >= 15 is 0 Å². The van der Waals surface area contributed by atoms with Crippen LogP contribution in [0.25, 0.3) is 11.0 Å². The SMILES string of the molecule is C[S+]([O-])CNc1cc(C=O)ncc1C(=N)c1coc2ccccc12. The smallest absolute Gasteiger partial charge is 0.175 e. The second kappa shape index (κ2) is 6.86. The fourth-order valence-electron chi connectivity index (χ4n) is 2.38. The number of nitrogens with one attached hydrogen (secondary N) is 2. The first-order valence-corrected chi connectivity index (χ1v) is 8.87. The van der Waals surface area contributed by atoms with Crippen LogP contribution in [0.1, 0.15) is 21.6 Å². The van der Waals surface area contributed by atoms with E-state index in [9.17, 15) is 9.35 Å². The lowest BCUT2D eigenvalue weighted by atomic mass is 10.0. The van der Waals surface area contributed by atoms with Gasteiger partial charge >= 0.3 is 0 Å². The van der Waals surface area contributed by atoms with Gasteiger partial charge in [0.25, 0.3) is 0 Å². The number of para-hydroxylation sites is 1. The summed E-state index contributed by atoms with van der Waals surface area (Å²) < 4.78 is 16.8. The number of aldehydes is 1. The zero-order valence-electron chi connectivity index (χ0n) is 12.9. The van der Waals surface area contributed by atoms with Crippen LogP contribution in [-0.4, -0.2) is 33.7 Å². The third kappa shape index (κ3) is 3.17. The molecule has 1 atom stereocenters. The van der Waals surface area contributed by atoms with Crippen LogP contribution in [-0.2, 0) is 11.2 Å². The number of hydrogen-bond acceptors (Lipinski definition) is 6. The van der Waals surface area contributed by atoms with E-state index in [-0.39, 0.29) is 17.3 Å². The quantitative estimate of drug-likeness (QED) is 0.408. The van der Waals surface area contributed by atoms with Crippen LogP contribution in [0.3, 0.4) is 0 Å². The predicted molar refractivity (Wildman–Crippen MR) is 94.3 cm³/mol. The topological polar surface area (TPSA) is 102 Å². The highest BCUT2D eigenvalue weighted by Crippen LogP contribution is 2.26. The highest BCUT2D eigenvalue weighted by atomic mass is 32.2. The van der Waals surface area contributed by atoms with Gasteiger partial charge in [-0.05, 0) is 23.3 Å². The molecule has 24 heavy (non-hydrogen) atoms. The van der Waals surface area contributed by atoms with Crippen LogP contribution in [0.2, 0.25) is 0 Å². The first kappa shape index (κ1) is 16.2. The lowest BCUT2D eigenvalue weighted by Crippen LogP contribution is -2.16. The molecule has 0 fully saturated rings. The van der Waals surface area contributed by atoms with Gasteiger partial charge in [-0.15, -0.1) is 0 Å². The number of hydrogen-bond donors (Lipinski definition) is 2. The van der Waals surface area contributed by atoms with Gasteiger partial charge in [0.1, 0.15) is 17.5 Å². The molecule has 0 amide bonds. The number of furan rings is 1. The fourth-order valence-corrected chi connectivity index (χ4v) is 2.74. The van der Waals surface area contributed by atoms with E-state index in [2.05, 4.69) is 10.3 Å². The van der Waals surface area contributed by atoms with Gasteiger partial charge in [0.05, 0.1) is 17.7 Å². The molecular weight excluding hydrogens is 326 g/mol. The summed E-state index contributed by atoms with van der Waals surface area (Å²) in [6.45, 7) is 0. The number of nitrogens with zero attached hydrogens (tertiary/aromatic N) is 1. The molecule has 0 aliphatic carbocycles. The van der Waals surface area contributed by atoms with Crippen LogP contribution in [0.5, 0.6) is 0 Å². The number of anilines is 1. The maximum Gasteiger partial charge on any atom is 0.175 e. The summed E-state index contributed by atoms with van der Waals surface area (Å²) in [7, 11) is 0. The van der Waals surface area contributed by atoms with E-state index < -0.39 is 11.2 Å². The van der Waals surface area contributed by atoms with Crippen molar-refractivity contribution in [1.29, 1.82) is 5.41 Å². The second-order valence-corrected chi connectivity index (χ2v) is 6.62. The first-order valence-electron chi connectivity index (χ1n) is 7.15. The van der Waals surface area contributed by atoms with E-state index in [1.54, 1.807) is 12.3 Å². The molecule has 6 nitrogen and oxygen atoms in total. The minimum atomic E-state index is -1.06. The highest BCUT2D eigenvalue weighted by molar-refractivity contribution is 7.90.